The second kappa shape index (κ2) is 3.48. The predicted octanol–water partition coefficient (Wildman–Crippen LogP) is 2.13. The molecule has 0 saturated heterocycles. The van der Waals surface area contributed by atoms with Gasteiger partial charge in [-0.2, -0.15) is 18.2 Å². The summed E-state index contributed by atoms with van der Waals surface area (Å²) in [5.74, 6) is 0.182. The van der Waals surface area contributed by atoms with Crippen molar-refractivity contribution in [3.05, 3.63) is 11.0 Å². The molecule has 0 unspecified atom stereocenters. The molecule has 86 valence electrons. The molecule has 0 amide bonds. The smallest absolute Gasteiger partial charge is 0.287 e. The number of nitrogens with one attached hydrogen (secondary N) is 2. The number of amidine groups is 1. The Morgan fingerprint density at radius 2 is 1.88 bits per heavy atom. The van der Waals surface area contributed by atoms with Gasteiger partial charge in [0.2, 0.25) is 5.28 Å². The third-order valence-corrected chi connectivity index (χ3v) is 1.94. The Hall–Kier alpha value is -1.57. The number of hydrogen-bond acceptors (Lipinski definition) is 5. The monoisotopic (exact) mass is 251 g/mol. The molecule has 1 aromatic rings. The fourth-order valence-corrected chi connectivity index (χ4v) is 1.33. The fraction of sp³-hybridized carbons (Fsp3) is 0.286. The third-order valence-electron chi connectivity index (χ3n) is 1.77. The molecule has 0 aliphatic carbocycles. The standard InChI is InChI=1S/C7H5ClF3N5/c1-2-12-3-4(7(9,10)11)13-6(8)14-5(3)16-15-2/h1H3,(H,12,15)(H,13,14,16). The molecule has 16 heavy (non-hydrogen) atoms. The van der Waals surface area contributed by atoms with Crippen LogP contribution in [0.15, 0.2) is 4.99 Å². The first-order valence-corrected chi connectivity index (χ1v) is 4.48. The van der Waals surface area contributed by atoms with Crippen LogP contribution in [0.5, 0.6) is 0 Å². The molecule has 0 bridgehead atoms. The molecule has 0 fully saturated rings. The van der Waals surface area contributed by atoms with E-state index in [-0.39, 0.29) is 17.3 Å². The molecule has 0 saturated carbocycles. The molecule has 2 N–H and O–H groups in total. The van der Waals surface area contributed by atoms with E-state index in [9.17, 15) is 13.2 Å². The van der Waals surface area contributed by atoms with Crippen molar-refractivity contribution < 1.29 is 13.2 Å². The molecule has 0 radical (unpaired) electrons. The first kappa shape index (κ1) is 10.9. The van der Waals surface area contributed by atoms with Gasteiger partial charge in [-0.25, -0.2) is 9.98 Å². The van der Waals surface area contributed by atoms with E-state index >= 15 is 0 Å². The number of fused-ring (bicyclic) bond motifs is 1. The lowest BCUT2D eigenvalue weighted by atomic mass is 10.3. The number of halogens is 4. The van der Waals surface area contributed by atoms with Gasteiger partial charge in [-0.05, 0) is 18.5 Å². The highest BCUT2D eigenvalue weighted by Gasteiger charge is 2.38. The second-order valence-corrected chi connectivity index (χ2v) is 3.32. The maximum Gasteiger partial charge on any atom is 0.435 e. The highest BCUT2D eigenvalue weighted by Crippen LogP contribution is 2.39. The van der Waals surface area contributed by atoms with Crippen LogP contribution >= 0.6 is 11.6 Å². The van der Waals surface area contributed by atoms with Gasteiger partial charge in [0.1, 0.15) is 11.5 Å². The van der Waals surface area contributed by atoms with Crippen molar-refractivity contribution in [3.8, 4) is 0 Å². The normalized spacial score (nSPS) is 14.7. The zero-order chi connectivity index (χ0) is 11.9. The van der Waals surface area contributed by atoms with Gasteiger partial charge in [-0.15, -0.1) is 0 Å². The molecule has 2 rings (SSSR count). The zero-order valence-corrected chi connectivity index (χ0v) is 8.61. The van der Waals surface area contributed by atoms with Crippen LogP contribution in [0.2, 0.25) is 5.28 Å². The summed E-state index contributed by atoms with van der Waals surface area (Å²) >= 11 is 5.39. The van der Waals surface area contributed by atoms with Crippen molar-refractivity contribution in [2.45, 2.75) is 13.1 Å². The van der Waals surface area contributed by atoms with Crippen molar-refractivity contribution in [2.75, 3.05) is 5.43 Å². The molecule has 1 aliphatic rings. The number of aliphatic imine (C=N–C) groups is 1. The summed E-state index contributed by atoms with van der Waals surface area (Å²) in [6.45, 7) is 1.50. The highest BCUT2D eigenvalue weighted by molar-refractivity contribution is 6.28. The quantitative estimate of drug-likeness (QED) is 0.694. The number of nitrogens with zero attached hydrogens (tertiary/aromatic N) is 3. The second-order valence-electron chi connectivity index (χ2n) is 2.98. The number of rotatable bonds is 0. The summed E-state index contributed by atoms with van der Waals surface area (Å²) in [4.78, 5) is 10.4. The summed E-state index contributed by atoms with van der Waals surface area (Å²) in [6, 6.07) is 0. The topological polar surface area (TPSA) is 62.2 Å². The average Bonchev–Trinajstić information content (AvgIpc) is 2.16. The largest absolute Gasteiger partial charge is 0.435 e. The lowest BCUT2D eigenvalue weighted by Gasteiger charge is -2.19. The summed E-state index contributed by atoms with van der Waals surface area (Å²) in [5.41, 5.74) is 3.45. The summed E-state index contributed by atoms with van der Waals surface area (Å²) < 4.78 is 37.8. The van der Waals surface area contributed by atoms with Crippen molar-refractivity contribution in [1.29, 1.82) is 0 Å². The molecule has 1 aromatic heterocycles. The maximum absolute atomic E-state index is 12.6. The van der Waals surface area contributed by atoms with Crippen LogP contribution in [-0.2, 0) is 6.18 Å². The van der Waals surface area contributed by atoms with Crippen molar-refractivity contribution in [2.24, 2.45) is 4.99 Å². The van der Waals surface area contributed by atoms with E-state index in [1.165, 1.54) is 6.92 Å². The van der Waals surface area contributed by atoms with E-state index < -0.39 is 17.2 Å². The van der Waals surface area contributed by atoms with Crippen molar-refractivity contribution in [3.63, 3.8) is 0 Å². The van der Waals surface area contributed by atoms with E-state index in [0.29, 0.717) is 0 Å². The van der Waals surface area contributed by atoms with E-state index in [2.05, 4.69) is 25.8 Å². The van der Waals surface area contributed by atoms with Crippen molar-refractivity contribution >= 4 is 28.9 Å². The van der Waals surface area contributed by atoms with Gasteiger partial charge in [-0.3, -0.25) is 10.9 Å². The summed E-state index contributed by atoms with van der Waals surface area (Å²) in [7, 11) is 0. The minimum absolute atomic E-state index is 0.0991. The van der Waals surface area contributed by atoms with Crippen molar-refractivity contribution in [1.82, 2.24) is 15.4 Å². The molecule has 5 nitrogen and oxygen atoms in total. The Bertz CT molecular complexity index is 470. The zero-order valence-electron chi connectivity index (χ0n) is 7.85. The number of hydrogen-bond donors (Lipinski definition) is 2. The first-order chi connectivity index (χ1) is 7.38. The molecule has 1 aliphatic heterocycles. The first-order valence-electron chi connectivity index (χ1n) is 4.10. The fourth-order valence-electron chi connectivity index (χ4n) is 1.16. The Kier molecular flexibility index (Phi) is 2.38. The summed E-state index contributed by atoms with van der Waals surface area (Å²) in [6.07, 6.45) is -4.63. The Balaban J connectivity index is 2.67. The molecule has 2 heterocycles. The van der Waals surface area contributed by atoms with E-state index in [0.717, 1.165) is 0 Å². The van der Waals surface area contributed by atoms with Gasteiger partial charge in [0.15, 0.2) is 11.5 Å². The van der Waals surface area contributed by atoms with Gasteiger partial charge in [0.05, 0.1) is 0 Å². The van der Waals surface area contributed by atoms with Crippen LogP contribution in [0.3, 0.4) is 0 Å². The van der Waals surface area contributed by atoms with E-state index in [4.69, 9.17) is 11.6 Å². The lowest BCUT2D eigenvalue weighted by molar-refractivity contribution is -0.140. The van der Waals surface area contributed by atoms with Gasteiger partial charge < -0.3 is 0 Å². The number of hydrazine groups is 1. The SMILES string of the molecule is CC1=Nc2c(nc(Cl)nc2C(F)(F)F)NN1. The van der Waals surface area contributed by atoms with Gasteiger partial charge in [0.25, 0.3) is 0 Å². The van der Waals surface area contributed by atoms with E-state index in [1.807, 2.05) is 0 Å². The molecular formula is C7H5ClF3N5. The Morgan fingerprint density at radius 3 is 2.50 bits per heavy atom. The third kappa shape index (κ3) is 1.87. The van der Waals surface area contributed by atoms with Crippen LogP contribution in [0, 0.1) is 0 Å². The predicted molar refractivity (Wildman–Crippen MR) is 51.6 cm³/mol. The van der Waals surface area contributed by atoms with Crippen LogP contribution in [0.4, 0.5) is 24.7 Å². The molecule has 9 heteroatoms. The molecule has 0 spiro atoms. The molecule has 0 atom stereocenters. The Morgan fingerprint density at radius 1 is 1.19 bits per heavy atom. The number of aromatic nitrogens is 2. The molecular weight excluding hydrogens is 247 g/mol. The molecule has 0 aromatic carbocycles. The summed E-state index contributed by atoms with van der Waals surface area (Å²) in [5, 5.41) is -0.491. The highest BCUT2D eigenvalue weighted by atomic mass is 35.5. The Labute approximate surface area is 92.7 Å². The maximum atomic E-state index is 12.6. The van der Waals surface area contributed by atoms with Crippen LogP contribution in [0.25, 0.3) is 0 Å². The van der Waals surface area contributed by atoms with Crippen LogP contribution < -0.4 is 10.9 Å². The number of anilines is 1. The number of alkyl halides is 3. The van der Waals surface area contributed by atoms with Gasteiger partial charge in [-0.1, -0.05) is 0 Å². The van der Waals surface area contributed by atoms with Crippen LogP contribution in [-0.4, -0.2) is 15.8 Å². The average molecular weight is 252 g/mol. The minimum Gasteiger partial charge on any atom is -0.287 e. The minimum atomic E-state index is -4.63. The van der Waals surface area contributed by atoms with Crippen LogP contribution in [0.1, 0.15) is 12.6 Å². The lowest BCUT2D eigenvalue weighted by Crippen LogP contribution is -2.31. The van der Waals surface area contributed by atoms with E-state index in [1.54, 1.807) is 0 Å². The van der Waals surface area contributed by atoms with Gasteiger partial charge in [0, 0.05) is 0 Å². The van der Waals surface area contributed by atoms with Gasteiger partial charge >= 0.3 is 6.18 Å².